The van der Waals surface area contributed by atoms with E-state index in [2.05, 4.69) is 15.6 Å². The van der Waals surface area contributed by atoms with Gasteiger partial charge in [-0.1, -0.05) is 41.4 Å². The van der Waals surface area contributed by atoms with E-state index in [9.17, 15) is 4.79 Å². The Morgan fingerprint density at radius 2 is 1.85 bits per heavy atom. The second-order valence-electron chi connectivity index (χ2n) is 6.76. The number of amides is 2. The van der Waals surface area contributed by atoms with Gasteiger partial charge in [0.05, 0.1) is 21.9 Å². The number of nitrogens with one attached hydrogen (secondary N) is 2. The molecule has 0 aliphatic rings. The van der Waals surface area contributed by atoms with Crippen LogP contribution in [0.2, 0.25) is 10.0 Å². The molecular formula is C20H20Cl2N4O. The average molecular weight is 403 g/mol. The number of anilines is 1. The monoisotopic (exact) mass is 402 g/mol. The number of carbonyl (C=O) groups excluding carboxylic acids is 1. The SMILES string of the molecule is CC(C)(NC(=O)Nc1ccc(Cn2ccnc2)cc1)c1ccc(Cl)c(Cl)c1. The molecule has 27 heavy (non-hydrogen) atoms. The van der Waals surface area contributed by atoms with Crippen LogP contribution in [0.25, 0.3) is 0 Å². The Hall–Kier alpha value is -2.50. The summed E-state index contributed by atoms with van der Waals surface area (Å²) in [6, 6.07) is 12.7. The summed E-state index contributed by atoms with van der Waals surface area (Å²) < 4.78 is 1.98. The zero-order valence-corrected chi connectivity index (χ0v) is 16.6. The van der Waals surface area contributed by atoms with Crippen molar-refractivity contribution < 1.29 is 4.79 Å². The van der Waals surface area contributed by atoms with Gasteiger partial charge < -0.3 is 15.2 Å². The zero-order valence-electron chi connectivity index (χ0n) is 15.0. The van der Waals surface area contributed by atoms with Crippen LogP contribution < -0.4 is 10.6 Å². The molecule has 0 aliphatic carbocycles. The smallest absolute Gasteiger partial charge is 0.319 e. The number of benzene rings is 2. The molecule has 1 aromatic heterocycles. The summed E-state index contributed by atoms with van der Waals surface area (Å²) in [5.41, 5.74) is 2.09. The van der Waals surface area contributed by atoms with Crippen LogP contribution in [0.5, 0.6) is 0 Å². The van der Waals surface area contributed by atoms with Crippen LogP contribution in [0.15, 0.2) is 61.2 Å². The van der Waals surface area contributed by atoms with E-state index in [1.54, 1.807) is 24.7 Å². The molecule has 5 nitrogen and oxygen atoms in total. The highest BCUT2D eigenvalue weighted by atomic mass is 35.5. The van der Waals surface area contributed by atoms with Crippen LogP contribution in [-0.2, 0) is 12.1 Å². The summed E-state index contributed by atoms with van der Waals surface area (Å²) in [6.07, 6.45) is 5.42. The quantitative estimate of drug-likeness (QED) is 0.608. The third kappa shape index (κ3) is 5.02. The first kappa shape index (κ1) is 19.3. The van der Waals surface area contributed by atoms with Crippen molar-refractivity contribution >= 4 is 34.9 Å². The number of halogens is 2. The second-order valence-corrected chi connectivity index (χ2v) is 7.58. The fourth-order valence-corrected chi connectivity index (χ4v) is 2.99. The fourth-order valence-electron chi connectivity index (χ4n) is 2.69. The molecule has 2 N–H and O–H groups in total. The lowest BCUT2D eigenvalue weighted by molar-refractivity contribution is 0.242. The molecular weight excluding hydrogens is 383 g/mol. The summed E-state index contributed by atoms with van der Waals surface area (Å²) in [7, 11) is 0. The number of rotatable bonds is 5. The van der Waals surface area contributed by atoms with Gasteiger partial charge in [-0.15, -0.1) is 0 Å². The number of aromatic nitrogens is 2. The first-order chi connectivity index (χ1) is 12.8. The summed E-state index contributed by atoms with van der Waals surface area (Å²) in [6.45, 7) is 4.54. The fraction of sp³-hybridized carbons (Fsp3) is 0.200. The lowest BCUT2D eigenvalue weighted by Gasteiger charge is -2.27. The molecule has 0 unspecified atom stereocenters. The van der Waals surface area contributed by atoms with Crippen LogP contribution in [0.1, 0.15) is 25.0 Å². The molecule has 0 atom stereocenters. The molecule has 0 radical (unpaired) electrons. The number of nitrogens with zero attached hydrogens (tertiary/aromatic N) is 2. The van der Waals surface area contributed by atoms with Gasteiger partial charge in [0.15, 0.2) is 0 Å². The highest BCUT2D eigenvalue weighted by Crippen LogP contribution is 2.28. The van der Waals surface area contributed by atoms with Crippen molar-refractivity contribution in [1.82, 2.24) is 14.9 Å². The summed E-state index contributed by atoms with van der Waals surface area (Å²) >= 11 is 12.1. The van der Waals surface area contributed by atoms with E-state index in [-0.39, 0.29) is 6.03 Å². The molecule has 0 bridgehead atoms. The predicted molar refractivity (Wildman–Crippen MR) is 109 cm³/mol. The predicted octanol–water partition coefficient (Wildman–Crippen LogP) is 5.30. The summed E-state index contributed by atoms with van der Waals surface area (Å²) in [4.78, 5) is 16.4. The molecule has 3 aromatic rings. The van der Waals surface area contributed by atoms with E-state index in [0.29, 0.717) is 15.7 Å². The van der Waals surface area contributed by atoms with Gasteiger partial charge in [0.25, 0.3) is 0 Å². The van der Waals surface area contributed by atoms with Crippen LogP contribution in [0.3, 0.4) is 0 Å². The Kier molecular flexibility index (Phi) is 5.73. The molecule has 0 saturated heterocycles. The van der Waals surface area contributed by atoms with Gasteiger partial charge in [-0.2, -0.15) is 0 Å². The molecule has 0 saturated carbocycles. The highest BCUT2D eigenvalue weighted by molar-refractivity contribution is 6.42. The minimum Gasteiger partial charge on any atom is -0.333 e. The maximum absolute atomic E-state index is 12.4. The second kappa shape index (κ2) is 8.03. The van der Waals surface area contributed by atoms with Crippen LogP contribution in [-0.4, -0.2) is 15.6 Å². The van der Waals surface area contributed by atoms with Gasteiger partial charge in [0, 0.05) is 24.6 Å². The summed E-state index contributed by atoms with van der Waals surface area (Å²) in [5.74, 6) is 0. The normalized spacial score (nSPS) is 11.3. The lowest BCUT2D eigenvalue weighted by Crippen LogP contribution is -2.43. The van der Waals surface area contributed by atoms with E-state index in [4.69, 9.17) is 23.2 Å². The van der Waals surface area contributed by atoms with Gasteiger partial charge in [-0.05, 0) is 49.2 Å². The molecule has 7 heteroatoms. The maximum Gasteiger partial charge on any atom is 0.319 e. The Bertz CT molecular complexity index is 922. The first-order valence-corrected chi connectivity index (χ1v) is 9.18. The molecule has 0 spiro atoms. The molecule has 1 heterocycles. The zero-order chi connectivity index (χ0) is 19.4. The molecule has 2 aromatic carbocycles. The molecule has 3 rings (SSSR count). The van der Waals surface area contributed by atoms with E-state index in [1.807, 2.05) is 54.9 Å². The molecule has 0 fully saturated rings. The van der Waals surface area contributed by atoms with E-state index in [1.165, 1.54) is 0 Å². The lowest BCUT2D eigenvalue weighted by atomic mass is 9.94. The maximum atomic E-state index is 12.4. The van der Waals surface area contributed by atoms with Gasteiger partial charge in [0.1, 0.15) is 0 Å². The van der Waals surface area contributed by atoms with Crippen molar-refractivity contribution in [2.45, 2.75) is 25.9 Å². The van der Waals surface area contributed by atoms with Crippen molar-refractivity contribution in [1.29, 1.82) is 0 Å². The van der Waals surface area contributed by atoms with Gasteiger partial charge in [-0.3, -0.25) is 0 Å². The third-order valence-electron chi connectivity index (χ3n) is 4.20. The Balaban J connectivity index is 1.61. The number of hydrogen-bond acceptors (Lipinski definition) is 2. The van der Waals surface area contributed by atoms with E-state index < -0.39 is 5.54 Å². The Morgan fingerprint density at radius 3 is 2.48 bits per heavy atom. The molecule has 0 aliphatic heterocycles. The summed E-state index contributed by atoms with van der Waals surface area (Å²) in [5, 5.41) is 6.75. The number of urea groups is 1. The molecule has 140 valence electrons. The van der Waals surface area contributed by atoms with Crippen molar-refractivity contribution in [2.75, 3.05) is 5.32 Å². The van der Waals surface area contributed by atoms with Crippen LogP contribution >= 0.6 is 23.2 Å². The Morgan fingerprint density at radius 1 is 1.11 bits per heavy atom. The minimum atomic E-state index is -0.611. The molecule has 2 amide bonds. The van der Waals surface area contributed by atoms with Gasteiger partial charge in [-0.25, -0.2) is 9.78 Å². The Labute approximate surface area is 168 Å². The van der Waals surface area contributed by atoms with Crippen molar-refractivity contribution in [3.63, 3.8) is 0 Å². The minimum absolute atomic E-state index is 0.298. The standard InChI is InChI=1S/C20H20Cl2N4O/c1-20(2,15-5-8-17(21)18(22)11-15)25-19(27)24-16-6-3-14(4-7-16)12-26-10-9-23-13-26/h3-11,13H,12H2,1-2H3,(H2,24,25,27). The highest BCUT2D eigenvalue weighted by Gasteiger charge is 2.23. The van der Waals surface area contributed by atoms with Gasteiger partial charge >= 0.3 is 6.03 Å². The van der Waals surface area contributed by atoms with Crippen LogP contribution in [0.4, 0.5) is 10.5 Å². The largest absolute Gasteiger partial charge is 0.333 e. The van der Waals surface area contributed by atoms with E-state index >= 15 is 0 Å². The first-order valence-electron chi connectivity index (χ1n) is 8.43. The number of imidazole rings is 1. The van der Waals surface area contributed by atoms with Crippen molar-refractivity contribution in [3.05, 3.63) is 82.4 Å². The van der Waals surface area contributed by atoms with E-state index in [0.717, 1.165) is 17.7 Å². The van der Waals surface area contributed by atoms with Gasteiger partial charge in [0.2, 0.25) is 0 Å². The number of carbonyl (C=O) groups is 1. The van der Waals surface area contributed by atoms with Crippen molar-refractivity contribution in [2.24, 2.45) is 0 Å². The number of hydrogen-bond donors (Lipinski definition) is 2. The topological polar surface area (TPSA) is 59.0 Å². The third-order valence-corrected chi connectivity index (χ3v) is 4.94. The van der Waals surface area contributed by atoms with Crippen LogP contribution in [0, 0.1) is 0 Å². The van der Waals surface area contributed by atoms with Crippen molar-refractivity contribution in [3.8, 4) is 0 Å². The average Bonchev–Trinajstić information content (AvgIpc) is 3.11.